The molecule has 0 amide bonds. The standard InChI is InChI=1S/C17H28N2/c1-4-11-19(16-9-10-16)12-17(18)15-7-5-14(6-8-15)13(2)3/h5-8,13,16-17H,4,9-12,18H2,1-3H3. The van der Waals surface area contributed by atoms with Crippen LogP contribution >= 0.6 is 0 Å². The van der Waals surface area contributed by atoms with Gasteiger partial charge in [0, 0.05) is 18.6 Å². The summed E-state index contributed by atoms with van der Waals surface area (Å²) >= 11 is 0. The number of hydrogen-bond acceptors (Lipinski definition) is 2. The van der Waals surface area contributed by atoms with Crippen LogP contribution in [-0.2, 0) is 0 Å². The van der Waals surface area contributed by atoms with Crippen molar-refractivity contribution < 1.29 is 0 Å². The second kappa shape index (κ2) is 6.53. The van der Waals surface area contributed by atoms with Crippen LogP contribution in [0.4, 0.5) is 0 Å². The third-order valence-corrected chi connectivity index (χ3v) is 4.04. The Morgan fingerprint density at radius 2 is 1.74 bits per heavy atom. The molecule has 1 fully saturated rings. The van der Waals surface area contributed by atoms with E-state index in [9.17, 15) is 0 Å². The SMILES string of the molecule is CCCN(CC(N)c1ccc(C(C)C)cc1)C1CC1. The molecule has 1 aromatic carbocycles. The van der Waals surface area contributed by atoms with Crippen molar-refractivity contribution in [3.8, 4) is 0 Å². The minimum atomic E-state index is 0.147. The maximum Gasteiger partial charge on any atom is 0.0424 e. The van der Waals surface area contributed by atoms with Crippen LogP contribution in [0.2, 0.25) is 0 Å². The molecule has 0 spiro atoms. The van der Waals surface area contributed by atoms with Gasteiger partial charge in [-0.1, -0.05) is 45.0 Å². The highest BCUT2D eigenvalue weighted by Gasteiger charge is 2.29. The predicted octanol–water partition coefficient (Wildman–Crippen LogP) is 3.68. The molecule has 0 saturated heterocycles. The highest BCUT2D eigenvalue weighted by Crippen LogP contribution is 2.28. The second-order valence-corrected chi connectivity index (χ2v) is 6.15. The van der Waals surface area contributed by atoms with E-state index in [0.29, 0.717) is 5.92 Å². The van der Waals surface area contributed by atoms with Gasteiger partial charge in [0.1, 0.15) is 0 Å². The third-order valence-electron chi connectivity index (χ3n) is 4.04. The Bertz CT molecular complexity index is 379. The average molecular weight is 260 g/mol. The predicted molar refractivity (Wildman–Crippen MR) is 82.3 cm³/mol. The van der Waals surface area contributed by atoms with Crippen molar-refractivity contribution in [2.75, 3.05) is 13.1 Å². The number of benzene rings is 1. The van der Waals surface area contributed by atoms with E-state index in [0.717, 1.165) is 12.6 Å². The van der Waals surface area contributed by atoms with E-state index >= 15 is 0 Å². The zero-order valence-electron chi connectivity index (χ0n) is 12.6. The fourth-order valence-corrected chi connectivity index (χ4v) is 2.64. The van der Waals surface area contributed by atoms with Crippen molar-refractivity contribution >= 4 is 0 Å². The summed E-state index contributed by atoms with van der Waals surface area (Å²) in [7, 11) is 0. The van der Waals surface area contributed by atoms with Gasteiger partial charge in [-0.05, 0) is 42.9 Å². The van der Waals surface area contributed by atoms with E-state index in [-0.39, 0.29) is 6.04 Å². The molecule has 1 atom stereocenters. The summed E-state index contributed by atoms with van der Waals surface area (Å²) in [6, 6.07) is 9.81. The number of hydrogen-bond donors (Lipinski definition) is 1. The van der Waals surface area contributed by atoms with Crippen LogP contribution < -0.4 is 5.73 Å². The van der Waals surface area contributed by atoms with E-state index in [1.807, 2.05) is 0 Å². The van der Waals surface area contributed by atoms with Crippen molar-refractivity contribution in [3.05, 3.63) is 35.4 Å². The number of nitrogens with two attached hydrogens (primary N) is 1. The van der Waals surface area contributed by atoms with Gasteiger partial charge in [0.25, 0.3) is 0 Å². The van der Waals surface area contributed by atoms with Gasteiger partial charge in [-0.25, -0.2) is 0 Å². The van der Waals surface area contributed by atoms with Crippen LogP contribution in [0.3, 0.4) is 0 Å². The summed E-state index contributed by atoms with van der Waals surface area (Å²) in [5.41, 5.74) is 9.04. The molecule has 1 aliphatic carbocycles. The third kappa shape index (κ3) is 4.05. The van der Waals surface area contributed by atoms with E-state index in [2.05, 4.69) is 49.9 Å². The van der Waals surface area contributed by atoms with Crippen LogP contribution in [0, 0.1) is 0 Å². The minimum Gasteiger partial charge on any atom is -0.323 e. The summed E-state index contributed by atoms with van der Waals surface area (Å²) in [4.78, 5) is 2.57. The van der Waals surface area contributed by atoms with Gasteiger partial charge in [0.05, 0.1) is 0 Å². The fourth-order valence-electron chi connectivity index (χ4n) is 2.64. The minimum absolute atomic E-state index is 0.147. The van der Waals surface area contributed by atoms with E-state index in [1.54, 1.807) is 0 Å². The first-order valence-corrected chi connectivity index (χ1v) is 7.71. The topological polar surface area (TPSA) is 29.3 Å². The zero-order chi connectivity index (χ0) is 13.8. The Morgan fingerprint density at radius 1 is 1.16 bits per heavy atom. The normalized spacial score (nSPS) is 17.2. The van der Waals surface area contributed by atoms with Crippen molar-refractivity contribution in [1.29, 1.82) is 0 Å². The van der Waals surface area contributed by atoms with Crippen molar-refractivity contribution in [2.45, 2.75) is 58.0 Å². The molecule has 1 saturated carbocycles. The molecule has 0 radical (unpaired) electrons. The molecule has 0 aliphatic heterocycles. The molecule has 1 aliphatic rings. The highest BCUT2D eigenvalue weighted by molar-refractivity contribution is 5.26. The number of nitrogens with zero attached hydrogens (tertiary/aromatic N) is 1. The van der Waals surface area contributed by atoms with Gasteiger partial charge in [-0.15, -0.1) is 0 Å². The van der Waals surface area contributed by atoms with E-state index in [4.69, 9.17) is 5.73 Å². The lowest BCUT2D eigenvalue weighted by Gasteiger charge is -2.25. The van der Waals surface area contributed by atoms with Gasteiger partial charge in [-0.3, -0.25) is 4.90 Å². The second-order valence-electron chi connectivity index (χ2n) is 6.15. The molecule has 2 nitrogen and oxygen atoms in total. The summed E-state index contributed by atoms with van der Waals surface area (Å²) in [5, 5.41) is 0. The van der Waals surface area contributed by atoms with Gasteiger partial charge in [0.2, 0.25) is 0 Å². The van der Waals surface area contributed by atoms with Crippen molar-refractivity contribution in [1.82, 2.24) is 4.90 Å². The Balaban J connectivity index is 1.96. The molecule has 0 heterocycles. The van der Waals surface area contributed by atoms with Crippen LogP contribution in [-0.4, -0.2) is 24.0 Å². The van der Waals surface area contributed by atoms with Gasteiger partial charge < -0.3 is 5.73 Å². The molecule has 1 unspecified atom stereocenters. The van der Waals surface area contributed by atoms with E-state index < -0.39 is 0 Å². The molecule has 19 heavy (non-hydrogen) atoms. The van der Waals surface area contributed by atoms with Crippen LogP contribution in [0.1, 0.15) is 63.1 Å². The summed E-state index contributed by atoms with van der Waals surface area (Å²) in [5.74, 6) is 0.591. The maximum absolute atomic E-state index is 6.38. The van der Waals surface area contributed by atoms with Gasteiger partial charge in [-0.2, -0.15) is 0 Å². The van der Waals surface area contributed by atoms with Gasteiger partial charge in [0.15, 0.2) is 0 Å². The monoisotopic (exact) mass is 260 g/mol. The Morgan fingerprint density at radius 3 is 2.21 bits per heavy atom. The Kier molecular flexibility index (Phi) is 5.00. The molecule has 1 aromatic rings. The van der Waals surface area contributed by atoms with Gasteiger partial charge >= 0.3 is 0 Å². The molecule has 106 valence electrons. The molecule has 0 bridgehead atoms. The quantitative estimate of drug-likeness (QED) is 0.810. The van der Waals surface area contributed by atoms with Crippen molar-refractivity contribution in [3.63, 3.8) is 0 Å². The first-order valence-electron chi connectivity index (χ1n) is 7.71. The Hall–Kier alpha value is -0.860. The first-order chi connectivity index (χ1) is 9.11. The largest absolute Gasteiger partial charge is 0.323 e. The molecule has 2 rings (SSSR count). The lowest BCUT2D eigenvalue weighted by Crippen LogP contribution is -2.34. The van der Waals surface area contributed by atoms with Crippen LogP contribution in [0.15, 0.2) is 24.3 Å². The first kappa shape index (κ1) is 14.5. The lowest BCUT2D eigenvalue weighted by molar-refractivity contribution is 0.248. The summed E-state index contributed by atoms with van der Waals surface area (Å²) in [6.07, 6.45) is 3.94. The summed E-state index contributed by atoms with van der Waals surface area (Å²) < 4.78 is 0. The fraction of sp³-hybridized carbons (Fsp3) is 0.647. The number of rotatable bonds is 7. The summed E-state index contributed by atoms with van der Waals surface area (Å²) in [6.45, 7) is 8.89. The molecule has 2 heteroatoms. The average Bonchev–Trinajstić information content (AvgIpc) is 3.22. The molecular formula is C17H28N2. The maximum atomic E-state index is 6.38. The molecule has 0 aromatic heterocycles. The van der Waals surface area contributed by atoms with Crippen LogP contribution in [0.25, 0.3) is 0 Å². The zero-order valence-corrected chi connectivity index (χ0v) is 12.6. The van der Waals surface area contributed by atoms with Crippen LogP contribution in [0.5, 0.6) is 0 Å². The highest BCUT2D eigenvalue weighted by atomic mass is 15.2. The Labute approximate surface area is 118 Å². The smallest absolute Gasteiger partial charge is 0.0424 e. The molecule has 2 N–H and O–H groups in total. The lowest BCUT2D eigenvalue weighted by atomic mass is 9.99. The van der Waals surface area contributed by atoms with Crippen molar-refractivity contribution in [2.24, 2.45) is 5.73 Å². The molecular weight excluding hydrogens is 232 g/mol. The van der Waals surface area contributed by atoms with E-state index in [1.165, 1.54) is 36.9 Å².